The fourth-order valence-electron chi connectivity index (χ4n) is 1.90. The third-order valence-corrected chi connectivity index (χ3v) is 3.59. The van der Waals surface area contributed by atoms with E-state index in [-0.39, 0.29) is 33.4 Å². The van der Waals surface area contributed by atoms with Crippen molar-refractivity contribution in [3.05, 3.63) is 44.3 Å². The molecular formula is C13H9Cl2N3O4. The van der Waals surface area contributed by atoms with Crippen molar-refractivity contribution in [2.75, 3.05) is 5.32 Å². The first-order chi connectivity index (χ1) is 10.4. The molecule has 0 aliphatic heterocycles. The average molecular weight is 342 g/mol. The maximum absolute atomic E-state index is 12.1. The molecule has 0 aliphatic rings. The summed E-state index contributed by atoms with van der Waals surface area (Å²) in [6.07, 6.45) is 0. The van der Waals surface area contributed by atoms with Gasteiger partial charge in [-0.1, -0.05) is 28.4 Å². The lowest BCUT2D eigenvalue weighted by Gasteiger charge is -1.99. The van der Waals surface area contributed by atoms with E-state index in [2.05, 4.69) is 10.5 Å². The number of carbonyl (C=O) groups is 1. The van der Waals surface area contributed by atoms with Crippen molar-refractivity contribution in [1.82, 2.24) is 9.90 Å². The van der Waals surface area contributed by atoms with Crippen LogP contribution in [0.2, 0.25) is 10.0 Å². The summed E-state index contributed by atoms with van der Waals surface area (Å²) in [5.74, 6) is -0.299. The number of hydrogen-bond acceptors (Lipinski definition) is 5. The molecule has 0 spiro atoms. The molecule has 0 unspecified atom stereocenters. The summed E-state index contributed by atoms with van der Waals surface area (Å²) in [5.41, 5.74) is 0.403. The topological polar surface area (TPSA) is 90.3 Å². The molecule has 0 radical (unpaired) electrons. The third kappa shape index (κ3) is 2.72. The lowest BCUT2D eigenvalue weighted by Crippen LogP contribution is -2.24. The Morgan fingerprint density at radius 2 is 2.05 bits per heavy atom. The predicted molar refractivity (Wildman–Crippen MR) is 80.4 cm³/mol. The summed E-state index contributed by atoms with van der Waals surface area (Å²) in [6.45, 7) is 1.40. The van der Waals surface area contributed by atoms with Crippen LogP contribution in [-0.4, -0.2) is 15.8 Å². The van der Waals surface area contributed by atoms with Gasteiger partial charge in [-0.2, -0.15) is 4.74 Å². The molecule has 0 atom stereocenters. The average Bonchev–Trinajstić information content (AvgIpc) is 2.97. The molecule has 7 nitrogen and oxygen atoms in total. The van der Waals surface area contributed by atoms with Gasteiger partial charge in [-0.25, -0.2) is 0 Å². The number of carbonyl (C=O) groups excluding carboxylic acids is 1. The zero-order valence-corrected chi connectivity index (χ0v) is 12.7. The van der Waals surface area contributed by atoms with Gasteiger partial charge in [-0.05, 0) is 13.0 Å². The van der Waals surface area contributed by atoms with Crippen molar-refractivity contribution >= 4 is 46.0 Å². The highest BCUT2D eigenvalue weighted by Gasteiger charge is 2.15. The largest absolute Gasteiger partial charge is 0.375 e. The second-order valence-electron chi connectivity index (χ2n) is 4.58. The lowest BCUT2D eigenvalue weighted by molar-refractivity contribution is -0.117. The minimum Gasteiger partial charge on any atom is -0.375 e. The minimum absolute atomic E-state index is 0.192. The molecule has 1 N–H and O–H groups in total. The normalized spacial score (nSPS) is 11.0. The number of nitrogens with one attached hydrogen (secondary N) is 1. The molecule has 3 rings (SSSR count). The van der Waals surface area contributed by atoms with Crippen LogP contribution in [0, 0.1) is 6.92 Å². The molecule has 2 aromatic heterocycles. The van der Waals surface area contributed by atoms with Crippen LogP contribution in [0.4, 0.5) is 5.88 Å². The van der Waals surface area contributed by atoms with Gasteiger partial charge >= 0.3 is 0 Å². The van der Waals surface area contributed by atoms with E-state index in [1.807, 2.05) is 0 Å². The molecule has 0 saturated carbocycles. The van der Waals surface area contributed by atoms with E-state index >= 15 is 0 Å². The van der Waals surface area contributed by atoms with Crippen LogP contribution in [0.15, 0.2) is 32.0 Å². The van der Waals surface area contributed by atoms with Gasteiger partial charge in [0.1, 0.15) is 6.54 Å². The highest BCUT2D eigenvalue weighted by molar-refractivity contribution is 6.42. The first kappa shape index (κ1) is 14.7. The smallest absolute Gasteiger partial charge is 0.290 e. The van der Waals surface area contributed by atoms with E-state index in [9.17, 15) is 9.59 Å². The van der Waals surface area contributed by atoms with Crippen LogP contribution >= 0.6 is 23.2 Å². The van der Waals surface area contributed by atoms with Gasteiger partial charge in [-0.15, -0.1) is 0 Å². The van der Waals surface area contributed by atoms with Crippen LogP contribution in [-0.2, 0) is 11.3 Å². The first-order valence-corrected chi connectivity index (χ1v) is 6.91. The number of fused-ring (bicyclic) bond motifs is 1. The second kappa shape index (κ2) is 5.51. The monoisotopic (exact) mass is 341 g/mol. The second-order valence-corrected chi connectivity index (χ2v) is 5.39. The molecule has 1 aromatic carbocycles. The Kier molecular flexibility index (Phi) is 3.67. The number of hydrogen-bond donors (Lipinski definition) is 1. The Balaban J connectivity index is 1.86. The zero-order chi connectivity index (χ0) is 15.9. The van der Waals surface area contributed by atoms with Crippen LogP contribution < -0.4 is 10.9 Å². The molecule has 1 amide bonds. The lowest BCUT2D eigenvalue weighted by atomic mass is 10.3. The van der Waals surface area contributed by atoms with Gasteiger partial charge in [0.2, 0.25) is 11.8 Å². The Labute approximate surface area is 133 Å². The predicted octanol–water partition coefficient (Wildman–Crippen LogP) is 2.84. The van der Waals surface area contributed by atoms with E-state index in [0.29, 0.717) is 5.69 Å². The van der Waals surface area contributed by atoms with Gasteiger partial charge in [0.15, 0.2) is 5.58 Å². The van der Waals surface area contributed by atoms with Crippen LogP contribution in [0.3, 0.4) is 0 Å². The Hall–Kier alpha value is -2.25. The summed E-state index contributed by atoms with van der Waals surface area (Å²) < 4.78 is 11.1. The van der Waals surface area contributed by atoms with Crippen molar-refractivity contribution in [1.29, 1.82) is 0 Å². The third-order valence-electron chi connectivity index (χ3n) is 2.87. The summed E-state index contributed by atoms with van der Waals surface area (Å²) in [6, 6.07) is 4.38. The number of rotatable bonds is 3. The van der Waals surface area contributed by atoms with Crippen molar-refractivity contribution in [3.8, 4) is 0 Å². The fourth-order valence-corrected chi connectivity index (χ4v) is 2.22. The highest BCUT2D eigenvalue weighted by Crippen LogP contribution is 2.26. The highest BCUT2D eigenvalue weighted by atomic mass is 35.5. The first-order valence-electron chi connectivity index (χ1n) is 6.16. The molecule has 0 saturated heterocycles. The number of benzene rings is 1. The Morgan fingerprint density at radius 1 is 1.32 bits per heavy atom. The SMILES string of the molecule is Cc1cc(NC(=O)Cn2oc3cc(Cl)c(Cl)cc3c2=O)on1. The maximum atomic E-state index is 12.1. The van der Waals surface area contributed by atoms with Crippen LogP contribution in [0.1, 0.15) is 5.69 Å². The number of halogens is 2. The molecule has 2 heterocycles. The van der Waals surface area contributed by atoms with Crippen molar-refractivity contribution in [2.24, 2.45) is 0 Å². The van der Waals surface area contributed by atoms with Crippen LogP contribution in [0.5, 0.6) is 0 Å². The molecule has 9 heteroatoms. The van der Waals surface area contributed by atoms with E-state index < -0.39 is 11.5 Å². The summed E-state index contributed by atoms with van der Waals surface area (Å²) in [7, 11) is 0. The van der Waals surface area contributed by atoms with E-state index in [4.69, 9.17) is 32.2 Å². The molecule has 114 valence electrons. The molecule has 0 bridgehead atoms. The van der Waals surface area contributed by atoms with Gasteiger partial charge in [-0.3, -0.25) is 14.9 Å². The number of aromatic nitrogens is 2. The molecule has 0 aliphatic carbocycles. The van der Waals surface area contributed by atoms with Crippen LogP contribution in [0.25, 0.3) is 11.0 Å². The molecule has 22 heavy (non-hydrogen) atoms. The van der Waals surface area contributed by atoms with Crippen molar-refractivity contribution in [3.63, 3.8) is 0 Å². The number of aryl methyl sites for hydroxylation is 1. The van der Waals surface area contributed by atoms with E-state index in [1.54, 1.807) is 13.0 Å². The van der Waals surface area contributed by atoms with Gasteiger partial charge in [0, 0.05) is 12.1 Å². The Bertz CT molecular complexity index is 925. The van der Waals surface area contributed by atoms with E-state index in [1.165, 1.54) is 12.1 Å². The molecular weight excluding hydrogens is 333 g/mol. The zero-order valence-electron chi connectivity index (χ0n) is 11.2. The maximum Gasteiger partial charge on any atom is 0.290 e. The Morgan fingerprint density at radius 3 is 2.73 bits per heavy atom. The summed E-state index contributed by atoms with van der Waals surface area (Å²) >= 11 is 11.7. The van der Waals surface area contributed by atoms with Gasteiger partial charge in [0.25, 0.3) is 5.56 Å². The number of nitrogens with zero attached hydrogens (tertiary/aromatic N) is 2. The van der Waals surface area contributed by atoms with Crippen molar-refractivity contribution in [2.45, 2.75) is 13.5 Å². The fraction of sp³-hybridized carbons (Fsp3) is 0.154. The van der Waals surface area contributed by atoms with Crippen molar-refractivity contribution < 1.29 is 13.8 Å². The molecule has 0 fully saturated rings. The summed E-state index contributed by atoms with van der Waals surface area (Å²) in [4.78, 5) is 24.0. The number of anilines is 1. The minimum atomic E-state index is -0.491. The van der Waals surface area contributed by atoms with Gasteiger partial charge in [0.05, 0.1) is 21.1 Å². The molecule has 3 aromatic rings. The standard InChI is InChI=1S/C13H9Cl2N3O4/c1-6-2-12(21-17-6)16-11(19)5-18-13(20)7-3-8(14)9(15)4-10(7)22-18/h2-4H,5H2,1H3,(H,16,19). The number of amides is 1. The quantitative estimate of drug-likeness (QED) is 0.790. The summed E-state index contributed by atoms with van der Waals surface area (Å²) in [5, 5.41) is 6.85. The van der Waals surface area contributed by atoms with Gasteiger partial charge < -0.3 is 9.05 Å². The van der Waals surface area contributed by atoms with E-state index in [0.717, 1.165) is 4.74 Å².